The highest BCUT2D eigenvalue weighted by Crippen LogP contribution is 2.34. The Kier molecular flexibility index (Phi) is 1.54. The fourth-order valence-electron chi connectivity index (χ4n) is 1.82. The first-order valence-electron chi connectivity index (χ1n) is 4.99. The number of hydrogen-bond donors (Lipinski definition) is 2. The highest BCUT2D eigenvalue weighted by Gasteiger charge is 2.23. The molecule has 0 aliphatic heterocycles. The fourth-order valence-corrected chi connectivity index (χ4v) is 1.82. The molecule has 0 unspecified atom stereocenters. The van der Waals surface area contributed by atoms with Gasteiger partial charge < -0.3 is 5.11 Å². The normalized spacial score (nSPS) is 16.3. The molecule has 1 fully saturated rings. The van der Waals surface area contributed by atoms with Crippen molar-refractivity contribution in [1.82, 2.24) is 10.2 Å². The summed E-state index contributed by atoms with van der Waals surface area (Å²) in [7, 11) is 0. The summed E-state index contributed by atoms with van der Waals surface area (Å²) in [6.45, 7) is 0. The van der Waals surface area contributed by atoms with Crippen LogP contribution >= 0.6 is 0 Å². The van der Waals surface area contributed by atoms with Crippen LogP contribution in [0, 0.1) is 5.92 Å². The molecule has 2 aromatic rings. The summed E-state index contributed by atoms with van der Waals surface area (Å²) >= 11 is 0. The lowest BCUT2D eigenvalue weighted by Crippen LogP contribution is -1.87. The molecule has 2 N–H and O–H groups in total. The number of phenols is 1. The van der Waals surface area contributed by atoms with Crippen LogP contribution in [-0.2, 0) is 6.42 Å². The summed E-state index contributed by atoms with van der Waals surface area (Å²) in [5, 5.41) is 17.7. The molecule has 72 valence electrons. The summed E-state index contributed by atoms with van der Waals surface area (Å²) in [6.07, 6.45) is 3.79. The van der Waals surface area contributed by atoms with E-state index in [4.69, 9.17) is 0 Å². The van der Waals surface area contributed by atoms with E-state index in [-0.39, 0.29) is 5.75 Å². The second kappa shape index (κ2) is 2.74. The molecule has 0 bridgehead atoms. The molecule has 0 amide bonds. The highest BCUT2D eigenvalue weighted by atomic mass is 16.3. The monoisotopic (exact) mass is 188 g/mol. The van der Waals surface area contributed by atoms with Gasteiger partial charge in [-0.25, -0.2) is 0 Å². The van der Waals surface area contributed by atoms with Gasteiger partial charge in [-0.1, -0.05) is 0 Å². The molecule has 3 heteroatoms. The zero-order valence-electron chi connectivity index (χ0n) is 7.83. The number of hydrogen-bond acceptors (Lipinski definition) is 2. The van der Waals surface area contributed by atoms with Gasteiger partial charge in [-0.15, -0.1) is 0 Å². The number of nitrogens with one attached hydrogen (secondary N) is 1. The first-order chi connectivity index (χ1) is 6.83. The Morgan fingerprint density at radius 3 is 3.07 bits per heavy atom. The molecule has 14 heavy (non-hydrogen) atoms. The molecule has 1 saturated carbocycles. The molecule has 0 radical (unpaired) electrons. The SMILES string of the molecule is Oc1ccc2c(CC3CC3)[nH]nc2c1. The number of fused-ring (bicyclic) bond motifs is 1. The van der Waals surface area contributed by atoms with E-state index >= 15 is 0 Å². The third kappa shape index (κ3) is 1.25. The van der Waals surface area contributed by atoms with Crippen molar-refractivity contribution in [2.45, 2.75) is 19.3 Å². The van der Waals surface area contributed by atoms with Crippen LogP contribution < -0.4 is 0 Å². The molecule has 1 aliphatic rings. The van der Waals surface area contributed by atoms with E-state index < -0.39 is 0 Å². The third-order valence-corrected chi connectivity index (χ3v) is 2.81. The summed E-state index contributed by atoms with van der Waals surface area (Å²) in [6, 6.07) is 5.35. The number of benzene rings is 1. The lowest BCUT2D eigenvalue weighted by Gasteiger charge is -1.95. The van der Waals surface area contributed by atoms with E-state index in [2.05, 4.69) is 10.2 Å². The average Bonchev–Trinajstić information content (AvgIpc) is 2.89. The van der Waals surface area contributed by atoms with E-state index in [1.165, 1.54) is 18.5 Å². The molecule has 3 rings (SSSR count). The minimum atomic E-state index is 0.280. The first-order valence-corrected chi connectivity index (χ1v) is 4.99. The van der Waals surface area contributed by atoms with Crippen LogP contribution in [0.15, 0.2) is 18.2 Å². The molecule has 0 saturated heterocycles. The maximum absolute atomic E-state index is 9.28. The zero-order valence-corrected chi connectivity index (χ0v) is 7.83. The zero-order chi connectivity index (χ0) is 9.54. The lowest BCUT2D eigenvalue weighted by molar-refractivity contribution is 0.476. The maximum Gasteiger partial charge on any atom is 0.117 e. The van der Waals surface area contributed by atoms with Gasteiger partial charge in [0.1, 0.15) is 5.75 Å². The van der Waals surface area contributed by atoms with E-state index in [1.54, 1.807) is 12.1 Å². The van der Waals surface area contributed by atoms with Crippen molar-refractivity contribution in [3.63, 3.8) is 0 Å². The molecule has 1 aromatic carbocycles. The van der Waals surface area contributed by atoms with Crippen molar-refractivity contribution >= 4 is 10.9 Å². The van der Waals surface area contributed by atoms with E-state index in [0.29, 0.717) is 0 Å². The Balaban J connectivity index is 2.06. The standard InChI is InChI=1S/C11H12N2O/c14-8-3-4-9-10(5-7-1-2-7)12-13-11(9)6-8/h3-4,6-7,14H,1-2,5H2,(H,12,13). The van der Waals surface area contributed by atoms with E-state index in [9.17, 15) is 5.11 Å². The van der Waals surface area contributed by atoms with Crippen LogP contribution in [0.5, 0.6) is 5.75 Å². The summed E-state index contributed by atoms with van der Waals surface area (Å²) in [5.74, 6) is 1.13. The number of nitrogens with zero attached hydrogens (tertiary/aromatic N) is 1. The molecular weight excluding hydrogens is 176 g/mol. The van der Waals surface area contributed by atoms with Gasteiger partial charge in [0.25, 0.3) is 0 Å². The molecule has 3 nitrogen and oxygen atoms in total. The Hall–Kier alpha value is -1.51. The van der Waals surface area contributed by atoms with Crippen molar-refractivity contribution in [2.75, 3.05) is 0 Å². The Morgan fingerprint density at radius 1 is 1.43 bits per heavy atom. The summed E-state index contributed by atoms with van der Waals surface area (Å²) in [4.78, 5) is 0. The predicted molar refractivity (Wildman–Crippen MR) is 54.2 cm³/mol. The number of aromatic hydroxyl groups is 1. The van der Waals surface area contributed by atoms with Crippen molar-refractivity contribution < 1.29 is 5.11 Å². The van der Waals surface area contributed by atoms with E-state index in [0.717, 1.165) is 23.2 Å². The van der Waals surface area contributed by atoms with Crippen LogP contribution in [0.25, 0.3) is 10.9 Å². The van der Waals surface area contributed by atoms with Gasteiger partial charge in [0, 0.05) is 17.1 Å². The third-order valence-electron chi connectivity index (χ3n) is 2.81. The van der Waals surface area contributed by atoms with Crippen molar-refractivity contribution in [1.29, 1.82) is 0 Å². The number of phenolic OH excluding ortho intramolecular Hbond substituents is 1. The van der Waals surface area contributed by atoms with Crippen LogP contribution in [0.1, 0.15) is 18.5 Å². The molecule has 1 aliphatic carbocycles. The van der Waals surface area contributed by atoms with Crippen LogP contribution in [-0.4, -0.2) is 15.3 Å². The molecule has 0 spiro atoms. The maximum atomic E-state index is 9.28. The number of aromatic nitrogens is 2. The minimum absolute atomic E-state index is 0.280. The Bertz CT molecular complexity index is 471. The van der Waals surface area contributed by atoms with Gasteiger partial charge in [-0.2, -0.15) is 5.10 Å². The van der Waals surface area contributed by atoms with Gasteiger partial charge in [-0.05, 0) is 37.3 Å². The Morgan fingerprint density at radius 2 is 2.29 bits per heavy atom. The van der Waals surface area contributed by atoms with Crippen molar-refractivity contribution in [3.8, 4) is 5.75 Å². The van der Waals surface area contributed by atoms with Gasteiger partial charge >= 0.3 is 0 Å². The first kappa shape index (κ1) is 7.85. The highest BCUT2D eigenvalue weighted by molar-refractivity contribution is 5.82. The molecule has 1 heterocycles. The van der Waals surface area contributed by atoms with Gasteiger partial charge in [0.05, 0.1) is 5.52 Å². The topological polar surface area (TPSA) is 48.9 Å². The lowest BCUT2D eigenvalue weighted by atomic mass is 10.1. The minimum Gasteiger partial charge on any atom is -0.508 e. The Labute approximate surface area is 81.8 Å². The molecule has 0 atom stereocenters. The van der Waals surface area contributed by atoms with Gasteiger partial charge in [0.2, 0.25) is 0 Å². The number of H-pyrrole nitrogens is 1. The van der Waals surface area contributed by atoms with Gasteiger partial charge in [0.15, 0.2) is 0 Å². The van der Waals surface area contributed by atoms with Gasteiger partial charge in [-0.3, -0.25) is 5.10 Å². The van der Waals surface area contributed by atoms with Crippen LogP contribution in [0.2, 0.25) is 0 Å². The van der Waals surface area contributed by atoms with E-state index in [1.807, 2.05) is 6.07 Å². The fraction of sp³-hybridized carbons (Fsp3) is 0.364. The largest absolute Gasteiger partial charge is 0.508 e. The number of aromatic amines is 1. The quantitative estimate of drug-likeness (QED) is 0.759. The molecule has 1 aromatic heterocycles. The summed E-state index contributed by atoms with van der Waals surface area (Å²) < 4.78 is 0. The average molecular weight is 188 g/mol. The van der Waals surface area contributed by atoms with Crippen molar-refractivity contribution in [3.05, 3.63) is 23.9 Å². The van der Waals surface area contributed by atoms with Crippen molar-refractivity contribution in [2.24, 2.45) is 5.92 Å². The molecular formula is C11H12N2O. The number of rotatable bonds is 2. The second-order valence-corrected chi connectivity index (χ2v) is 4.05. The van der Waals surface area contributed by atoms with Crippen LogP contribution in [0.4, 0.5) is 0 Å². The second-order valence-electron chi connectivity index (χ2n) is 4.05. The smallest absolute Gasteiger partial charge is 0.117 e. The summed E-state index contributed by atoms with van der Waals surface area (Å²) in [5.41, 5.74) is 2.07. The van der Waals surface area contributed by atoms with Crippen LogP contribution in [0.3, 0.4) is 0 Å². The predicted octanol–water partition coefficient (Wildman–Crippen LogP) is 2.22.